The smallest absolute Gasteiger partial charge is 0.306 e. The van der Waals surface area contributed by atoms with Gasteiger partial charge >= 0.3 is 5.97 Å². The highest BCUT2D eigenvalue weighted by Gasteiger charge is 2.27. The van der Waals surface area contributed by atoms with Crippen LogP contribution in [0.3, 0.4) is 0 Å². The Morgan fingerprint density at radius 3 is 1.02 bits per heavy atom. The van der Waals surface area contributed by atoms with Crippen LogP contribution in [0, 0.1) is 0 Å². The molecule has 0 spiro atoms. The number of esters is 1. The molecule has 0 aromatic carbocycles. The van der Waals surface area contributed by atoms with Gasteiger partial charge in [-0.1, -0.05) is 331 Å². The SMILES string of the molecule is CCCCC/C=C\C/C=C\C/C=C\C/C=C\CCCCCCCCCCCC(=O)NC(COP(=O)([O-])OCC[N+](C)(C)C)C(/C=C/CCCCCCCCCCCCC)OC(=O)CCCCCCCCCCCCCCCCCCC/C=C\C/C=C\CCCCC. The molecule has 0 aliphatic heterocycles. The number of phosphoric acid groups is 1. The average Bonchev–Trinajstić information content (AvgIpc) is 3.73. The highest BCUT2D eigenvalue weighted by molar-refractivity contribution is 7.45. The number of carbonyl (C=O) groups is 2. The predicted octanol–water partition coefficient (Wildman–Crippen LogP) is 24.6. The summed E-state index contributed by atoms with van der Waals surface area (Å²) < 4.78 is 30.5. The quantitative estimate of drug-likeness (QED) is 0.0212. The van der Waals surface area contributed by atoms with Gasteiger partial charge in [0.2, 0.25) is 5.91 Å². The number of nitrogens with one attached hydrogen (secondary N) is 1. The second-order valence-electron chi connectivity index (χ2n) is 27.5. The number of hydrogen-bond donors (Lipinski definition) is 1. The molecule has 9 nitrogen and oxygen atoms in total. The van der Waals surface area contributed by atoms with Gasteiger partial charge in [0.25, 0.3) is 7.82 Å². The number of nitrogens with zero attached hydrogens (tertiary/aromatic N) is 1. The van der Waals surface area contributed by atoms with Gasteiger partial charge in [-0.3, -0.25) is 14.2 Å². The molecule has 0 saturated heterocycles. The normalized spacial score (nSPS) is 13.9. The number of quaternary nitrogens is 1. The molecule has 3 unspecified atom stereocenters. The molecule has 0 heterocycles. The molecule has 0 saturated carbocycles. The van der Waals surface area contributed by atoms with E-state index in [9.17, 15) is 19.0 Å². The number of hydrogen-bond acceptors (Lipinski definition) is 7. The van der Waals surface area contributed by atoms with E-state index < -0.39 is 26.6 Å². The third kappa shape index (κ3) is 71.3. The van der Waals surface area contributed by atoms with Gasteiger partial charge in [0, 0.05) is 12.8 Å². The molecule has 0 rings (SSSR count). The summed E-state index contributed by atoms with van der Waals surface area (Å²) in [5.41, 5.74) is 0. The van der Waals surface area contributed by atoms with Crippen molar-refractivity contribution in [1.82, 2.24) is 5.32 Å². The lowest BCUT2D eigenvalue weighted by atomic mass is 10.0. The van der Waals surface area contributed by atoms with E-state index in [-0.39, 0.29) is 24.9 Å². The van der Waals surface area contributed by atoms with Crippen molar-refractivity contribution in [3.05, 3.63) is 85.1 Å². The van der Waals surface area contributed by atoms with Gasteiger partial charge in [0.15, 0.2) is 0 Å². The number of phosphoric ester groups is 1. The third-order valence-corrected chi connectivity index (χ3v) is 18.3. The molecule has 10 heteroatoms. The minimum absolute atomic E-state index is 0.0249. The first kappa shape index (κ1) is 88.2. The number of rotatable bonds is 71. The van der Waals surface area contributed by atoms with Crippen LogP contribution >= 0.6 is 7.82 Å². The number of carbonyl (C=O) groups excluding carboxylic acids is 2. The molecule has 0 aromatic rings. The monoisotopic (exact) mass is 1290 g/mol. The first-order valence-electron chi connectivity index (χ1n) is 38.9. The molecule has 0 radical (unpaired) electrons. The lowest BCUT2D eigenvalue weighted by Gasteiger charge is -2.30. The maximum atomic E-state index is 13.6. The van der Waals surface area contributed by atoms with Crippen LogP contribution in [0.2, 0.25) is 0 Å². The summed E-state index contributed by atoms with van der Waals surface area (Å²) in [6, 6.07) is -0.896. The molecular weight excluding hydrogens is 1140 g/mol. The van der Waals surface area contributed by atoms with Gasteiger partial charge < -0.3 is 28.5 Å². The fourth-order valence-electron chi connectivity index (χ4n) is 11.3. The Bertz CT molecular complexity index is 1830. The fourth-order valence-corrected chi connectivity index (χ4v) is 12.0. The summed E-state index contributed by atoms with van der Waals surface area (Å²) in [6.45, 7) is 6.83. The Hall–Kier alpha value is -2.81. The maximum absolute atomic E-state index is 13.6. The molecule has 1 amide bonds. The largest absolute Gasteiger partial charge is 0.756 e. The van der Waals surface area contributed by atoms with E-state index in [1.807, 2.05) is 33.3 Å². The molecule has 530 valence electrons. The van der Waals surface area contributed by atoms with Gasteiger partial charge in [0.05, 0.1) is 33.8 Å². The zero-order chi connectivity index (χ0) is 66.3. The van der Waals surface area contributed by atoms with Gasteiger partial charge in [-0.15, -0.1) is 0 Å². The van der Waals surface area contributed by atoms with E-state index in [1.165, 1.54) is 238 Å². The summed E-state index contributed by atoms with van der Waals surface area (Å²) in [7, 11) is 1.19. The summed E-state index contributed by atoms with van der Waals surface area (Å²) >= 11 is 0. The highest BCUT2D eigenvalue weighted by Crippen LogP contribution is 2.38. The summed E-state index contributed by atoms with van der Waals surface area (Å²) in [5, 5.41) is 3.05. The van der Waals surface area contributed by atoms with Crippen molar-refractivity contribution >= 4 is 19.7 Å². The molecule has 0 aliphatic rings. The van der Waals surface area contributed by atoms with Crippen LogP contribution in [0.1, 0.15) is 367 Å². The van der Waals surface area contributed by atoms with Crippen molar-refractivity contribution in [3.8, 4) is 0 Å². The topological polar surface area (TPSA) is 114 Å². The van der Waals surface area contributed by atoms with Crippen LogP contribution in [0.15, 0.2) is 85.1 Å². The van der Waals surface area contributed by atoms with Gasteiger partial charge in [0.1, 0.15) is 19.3 Å². The zero-order valence-corrected chi connectivity index (χ0v) is 61.7. The lowest BCUT2D eigenvalue weighted by Crippen LogP contribution is -2.47. The minimum atomic E-state index is -4.71. The second kappa shape index (κ2) is 70.0. The van der Waals surface area contributed by atoms with Crippen LogP contribution in [0.25, 0.3) is 0 Å². The summed E-state index contributed by atoms with van der Waals surface area (Å²) in [6.07, 6.45) is 94.3. The number of amides is 1. The molecule has 0 aliphatic carbocycles. The molecule has 0 fully saturated rings. The van der Waals surface area contributed by atoms with Gasteiger partial charge in [-0.2, -0.15) is 0 Å². The van der Waals surface area contributed by atoms with E-state index in [2.05, 4.69) is 99.0 Å². The first-order valence-corrected chi connectivity index (χ1v) is 40.4. The summed E-state index contributed by atoms with van der Waals surface area (Å²) in [4.78, 5) is 40.3. The first-order chi connectivity index (χ1) is 44.4. The van der Waals surface area contributed by atoms with E-state index in [1.54, 1.807) is 0 Å². The van der Waals surface area contributed by atoms with Crippen molar-refractivity contribution in [2.24, 2.45) is 0 Å². The van der Waals surface area contributed by atoms with Crippen molar-refractivity contribution in [1.29, 1.82) is 0 Å². The van der Waals surface area contributed by atoms with E-state index in [4.69, 9.17) is 13.8 Å². The molecule has 3 atom stereocenters. The number of unbranched alkanes of at least 4 members (excludes halogenated alkanes) is 43. The third-order valence-electron chi connectivity index (χ3n) is 17.3. The van der Waals surface area contributed by atoms with Gasteiger partial charge in [-0.25, -0.2) is 0 Å². The number of likely N-dealkylation sites (N-methyl/N-ethyl adjacent to an activating group) is 1. The molecule has 0 aromatic heterocycles. The highest BCUT2D eigenvalue weighted by atomic mass is 31.2. The molecule has 0 bridgehead atoms. The van der Waals surface area contributed by atoms with Crippen LogP contribution in [0.4, 0.5) is 0 Å². The van der Waals surface area contributed by atoms with Crippen LogP contribution in [-0.4, -0.2) is 69.4 Å². The van der Waals surface area contributed by atoms with Crippen LogP contribution < -0.4 is 10.2 Å². The Morgan fingerprint density at radius 2 is 0.670 bits per heavy atom. The van der Waals surface area contributed by atoms with Crippen molar-refractivity contribution < 1.29 is 37.3 Å². The Balaban J connectivity index is 5.00. The number of allylic oxidation sites excluding steroid dienone is 13. The molecular formula is C81H149N2O7P. The van der Waals surface area contributed by atoms with E-state index >= 15 is 0 Å². The Labute approximate surface area is 565 Å². The predicted molar refractivity (Wildman–Crippen MR) is 395 cm³/mol. The van der Waals surface area contributed by atoms with Crippen molar-refractivity contribution in [2.45, 2.75) is 380 Å². The fraction of sp³-hybridized carbons (Fsp3) is 0.802. The number of ether oxygens (including phenoxy) is 1. The van der Waals surface area contributed by atoms with Crippen LogP contribution in [-0.2, 0) is 27.9 Å². The minimum Gasteiger partial charge on any atom is -0.756 e. The standard InChI is InChI=1S/C81H149N2O7P/c1-7-10-13-16-19-22-25-28-30-32-34-36-38-40-41-43-45-47-49-51-53-56-59-62-65-68-71-74-81(85)90-79(72-69-66-63-60-57-54-27-24-21-18-15-12-9-3)78(77-89-91(86,87)88-76-75-83(4,5)6)82-80(84)73-70-67-64-61-58-55-52-50-48-46-44-42-39-37-35-33-31-29-26-23-20-17-14-11-8-2/h19-20,22-23,28-31,35,37,42,44,69,72,78-79H,7-18,21,24-27,32-34,36,38-41,43,45-68,70-71,73-77H2,1-6H3,(H-,82,84,86,87)/b22-19-,23-20-,30-28-,31-29-,37-35-,44-42-,72-69+. The van der Waals surface area contributed by atoms with E-state index in [0.29, 0.717) is 17.4 Å². The zero-order valence-electron chi connectivity index (χ0n) is 60.8. The average molecular weight is 1290 g/mol. The molecule has 1 N–H and O–H groups in total. The second-order valence-corrected chi connectivity index (χ2v) is 28.9. The van der Waals surface area contributed by atoms with Gasteiger partial charge in [-0.05, 0) is 109 Å². The summed E-state index contributed by atoms with van der Waals surface area (Å²) in [5.74, 6) is -0.535. The Kier molecular flexibility index (Phi) is 67.8. The van der Waals surface area contributed by atoms with Crippen molar-refractivity contribution in [3.63, 3.8) is 0 Å². The van der Waals surface area contributed by atoms with Crippen molar-refractivity contribution in [2.75, 3.05) is 40.9 Å². The maximum Gasteiger partial charge on any atom is 0.306 e. The molecule has 91 heavy (non-hydrogen) atoms. The van der Waals surface area contributed by atoms with Crippen LogP contribution in [0.5, 0.6) is 0 Å². The lowest BCUT2D eigenvalue weighted by molar-refractivity contribution is -0.870. The van der Waals surface area contributed by atoms with E-state index in [0.717, 1.165) is 96.3 Å². The Morgan fingerprint density at radius 1 is 0.385 bits per heavy atom.